The van der Waals surface area contributed by atoms with Gasteiger partial charge in [-0.3, -0.25) is 4.79 Å². The van der Waals surface area contributed by atoms with Gasteiger partial charge in [0.1, 0.15) is 21.4 Å². The molecular weight excluding hydrogens is 280 g/mol. The molecule has 2 aromatic heterocycles. The van der Waals surface area contributed by atoms with E-state index in [9.17, 15) is 4.79 Å². The predicted molar refractivity (Wildman–Crippen MR) is 74.7 cm³/mol. The number of carbonyl (C=O) groups excluding carboxylic acids is 1. The number of cyclic esters (lactones) is 1. The summed E-state index contributed by atoms with van der Waals surface area (Å²) in [6.45, 7) is 0.534. The molecule has 0 spiro atoms. The minimum Gasteiger partial charge on any atom is -0.465 e. The van der Waals surface area contributed by atoms with Gasteiger partial charge in [-0.05, 0) is 24.8 Å². The molecule has 4 nitrogen and oxygen atoms in total. The molecule has 19 heavy (non-hydrogen) atoms. The number of ether oxygens (including phenoxy) is 1. The molecule has 0 saturated carbocycles. The van der Waals surface area contributed by atoms with Crippen molar-refractivity contribution in [3.63, 3.8) is 0 Å². The lowest BCUT2D eigenvalue weighted by atomic mass is 10.2. The number of aryl methyl sites for hydroxylation is 2. The summed E-state index contributed by atoms with van der Waals surface area (Å²) in [7, 11) is 0. The number of carbonyl (C=O) groups is 1. The monoisotopic (exact) mass is 292 g/mol. The highest BCUT2D eigenvalue weighted by Gasteiger charge is 2.30. The molecule has 0 bridgehead atoms. The van der Waals surface area contributed by atoms with Crippen molar-refractivity contribution in [3.05, 3.63) is 16.8 Å². The Balaban J connectivity index is 1.79. The van der Waals surface area contributed by atoms with Crippen molar-refractivity contribution in [2.45, 2.75) is 36.0 Å². The molecule has 4 rings (SSSR count). The number of rotatable bonds is 2. The third-order valence-corrected chi connectivity index (χ3v) is 6.05. The zero-order valence-electron chi connectivity index (χ0n) is 10.2. The lowest BCUT2D eigenvalue weighted by molar-refractivity contribution is -0.137. The summed E-state index contributed by atoms with van der Waals surface area (Å²) in [5.74, 6) is -0.108. The first-order valence-corrected chi connectivity index (χ1v) is 8.11. The second-order valence-electron chi connectivity index (χ2n) is 4.78. The van der Waals surface area contributed by atoms with Crippen molar-refractivity contribution in [3.8, 4) is 0 Å². The Morgan fingerprint density at radius 2 is 2.32 bits per heavy atom. The van der Waals surface area contributed by atoms with Crippen molar-refractivity contribution in [2.24, 2.45) is 0 Å². The number of aromatic nitrogens is 2. The van der Waals surface area contributed by atoms with E-state index in [1.54, 1.807) is 29.4 Å². The Hall–Kier alpha value is -1.14. The lowest BCUT2D eigenvalue weighted by Gasteiger charge is -2.06. The zero-order valence-corrected chi connectivity index (χ0v) is 11.9. The summed E-state index contributed by atoms with van der Waals surface area (Å²) >= 11 is 3.32. The number of esters is 1. The molecule has 0 aromatic carbocycles. The molecule has 1 aliphatic carbocycles. The Kier molecular flexibility index (Phi) is 2.73. The number of hydrogen-bond acceptors (Lipinski definition) is 6. The minimum absolute atomic E-state index is 0.102. The van der Waals surface area contributed by atoms with Crippen LogP contribution in [0.5, 0.6) is 0 Å². The summed E-state index contributed by atoms with van der Waals surface area (Å²) in [5.41, 5.74) is 1.41. The van der Waals surface area contributed by atoms with Crippen molar-refractivity contribution in [2.75, 3.05) is 6.61 Å². The van der Waals surface area contributed by atoms with E-state index in [1.807, 2.05) is 0 Å². The first kappa shape index (κ1) is 11.7. The van der Waals surface area contributed by atoms with Crippen LogP contribution in [0.1, 0.15) is 23.3 Å². The van der Waals surface area contributed by atoms with Gasteiger partial charge < -0.3 is 4.74 Å². The molecular formula is C13H12N2O2S2. The lowest BCUT2D eigenvalue weighted by Crippen LogP contribution is -2.09. The quantitative estimate of drug-likeness (QED) is 0.629. The summed E-state index contributed by atoms with van der Waals surface area (Å²) in [6, 6.07) is 0. The maximum absolute atomic E-state index is 11.6. The van der Waals surface area contributed by atoms with Crippen LogP contribution < -0.4 is 0 Å². The fourth-order valence-corrected chi connectivity index (χ4v) is 5.10. The van der Waals surface area contributed by atoms with Crippen LogP contribution in [-0.4, -0.2) is 27.8 Å². The number of fused-ring (bicyclic) bond motifs is 3. The SMILES string of the molecule is O=C1OCC[C@@H]1Sc1ncnc2sc3c(c12)CCC3. The Morgan fingerprint density at radius 1 is 1.37 bits per heavy atom. The van der Waals surface area contributed by atoms with E-state index in [2.05, 4.69) is 9.97 Å². The van der Waals surface area contributed by atoms with Crippen LogP contribution in [0.25, 0.3) is 10.2 Å². The van der Waals surface area contributed by atoms with Gasteiger partial charge in [0, 0.05) is 16.7 Å². The van der Waals surface area contributed by atoms with E-state index in [-0.39, 0.29) is 11.2 Å². The standard InChI is InChI=1S/C13H12N2O2S2/c16-13-9(4-5-17-13)19-12-10-7-2-1-3-8(7)18-11(10)14-6-15-12/h6,9H,1-5H2/t9-/m0/s1. The average molecular weight is 292 g/mol. The molecule has 3 heterocycles. The Labute approximate surface area is 118 Å². The summed E-state index contributed by atoms with van der Waals surface area (Å²) < 4.78 is 5.02. The van der Waals surface area contributed by atoms with E-state index in [1.165, 1.54) is 22.2 Å². The van der Waals surface area contributed by atoms with E-state index in [4.69, 9.17) is 4.74 Å². The highest BCUT2D eigenvalue weighted by molar-refractivity contribution is 8.00. The van der Waals surface area contributed by atoms with Crippen LogP contribution in [0.4, 0.5) is 0 Å². The van der Waals surface area contributed by atoms with Crippen molar-refractivity contribution in [1.29, 1.82) is 0 Å². The van der Waals surface area contributed by atoms with Gasteiger partial charge in [0.25, 0.3) is 0 Å². The number of nitrogens with zero attached hydrogens (tertiary/aromatic N) is 2. The van der Waals surface area contributed by atoms with Crippen LogP contribution in [0.3, 0.4) is 0 Å². The van der Waals surface area contributed by atoms with Gasteiger partial charge in [0.15, 0.2) is 0 Å². The second-order valence-corrected chi connectivity index (χ2v) is 7.05. The van der Waals surface area contributed by atoms with E-state index < -0.39 is 0 Å². The van der Waals surface area contributed by atoms with E-state index >= 15 is 0 Å². The first-order chi connectivity index (χ1) is 9.33. The molecule has 0 unspecified atom stereocenters. The predicted octanol–water partition coefficient (Wildman–Crippen LogP) is 2.59. The minimum atomic E-state index is -0.108. The van der Waals surface area contributed by atoms with Gasteiger partial charge >= 0.3 is 5.97 Å². The van der Waals surface area contributed by atoms with Gasteiger partial charge in [-0.15, -0.1) is 11.3 Å². The van der Waals surface area contributed by atoms with Gasteiger partial charge in [-0.2, -0.15) is 0 Å². The highest BCUT2D eigenvalue weighted by Crippen LogP contribution is 2.41. The molecule has 0 N–H and O–H groups in total. The Morgan fingerprint density at radius 3 is 3.16 bits per heavy atom. The molecule has 1 saturated heterocycles. The molecule has 0 amide bonds. The van der Waals surface area contributed by atoms with Crippen LogP contribution in [0.2, 0.25) is 0 Å². The van der Waals surface area contributed by atoms with E-state index in [0.717, 1.165) is 29.1 Å². The molecule has 2 aromatic rings. The largest absolute Gasteiger partial charge is 0.465 e. The number of thiophene rings is 1. The van der Waals surface area contributed by atoms with Crippen molar-refractivity contribution in [1.82, 2.24) is 9.97 Å². The van der Waals surface area contributed by atoms with Crippen LogP contribution in [0.15, 0.2) is 11.4 Å². The number of thioether (sulfide) groups is 1. The maximum Gasteiger partial charge on any atom is 0.319 e. The summed E-state index contributed by atoms with van der Waals surface area (Å²) in [4.78, 5) is 22.9. The topological polar surface area (TPSA) is 52.1 Å². The Bertz CT molecular complexity index is 668. The number of hydrogen-bond donors (Lipinski definition) is 0. The normalized spacial score (nSPS) is 21.9. The molecule has 98 valence electrons. The van der Waals surface area contributed by atoms with E-state index in [0.29, 0.717) is 6.61 Å². The molecule has 1 fully saturated rings. The fraction of sp³-hybridized carbons (Fsp3) is 0.462. The molecule has 1 aliphatic heterocycles. The van der Waals surface area contributed by atoms with Gasteiger partial charge in [-0.25, -0.2) is 9.97 Å². The first-order valence-electron chi connectivity index (χ1n) is 6.41. The molecule has 1 atom stereocenters. The van der Waals surface area contributed by atoms with Crippen molar-refractivity contribution >= 4 is 39.3 Å². The third-order valence-electron chi connectivity index (χ3n) is 3.61. The van der Waals surface area contributed by atoms with Crippen LogP contribution in [0, 0.1) is 0 Å². The fourth-order valence-electron chi connectivity index (χ4n) is 2.71. The zero-order chi connectivity index (χ0) is 12.8. The van der Waals surface area contributed by atoms with Crippen molar-refractivity contribution < 1.29 is 9.53 Å². The molecule has 6 heteroatoms. The smallest absolute Gasteiger partial charge is 0.319 e. The maximum atomic E-state index is 11.6. The average Bonchev–Trinajstić information content (AvgIpc) is 3.06. The highest BCUT2D eigenvalue weighted by atomic mass is 32.2. The van der Waals surface area contributed by atoms with Crippen LogP contribution >= 0.6 is 23.1 Å². The van der Waals surface area contributed by atoms with Crippen LogP contribution in [-0.2, 0) is 22.4 Å². The summed E-state index contributed by atoms with van der Waals surface area (Å²) in [5, 5.41) is 2.04. The van der Waals surface area contributed by atoms with Gasteiger partial charge in [0.05, 0.1) is 6.61 Å². The second kappa shape index (κ2) is 4.45. The summed E-state index contributed by atoms with van der Waals surface area (Å²) in [6.07, 6.45) is 5.89. The molecule has 2 aliphatic rings. The third kappa shape index (κ3) is 1.85. The molecule has 0 radical (unpaired) electrons. The van der Waals surface area contributed by atoms with Gasteiger partial charge in [0.2, 0.25) is 0 Å². The van der Waals surface area contributed by atoms with Gasteiger partial charge in [-0.1, -0.05) is 11.8 Å².